The number of nitriles is 1. The zero-order chi connectivity index (χ0) is 18.4. The van der Waals surface area contributed by atoms with Crippen molar-refractivity contribution in [3.8, 4) is 6.07 Å². The largest absolute Gasteiger partial charge is 0.570 e. The Hall–Kier alpha value is -2.66. The molecule has 1 fully saturated rings. The highest BCUT2D eigenvalue weighted by Crippen LogP contribution is 2.16. The van der Waals surface area contributed by atoms with E-state index < -0.39 is 5.54 Å². The maximum Gasteiger partial charge on any atom is 0.253 e. The second kappa shape index (κ2) is 7.94. The maximum atomic E-state index is 12.4. The summed E-state index contributed by atoms with van der Waals surface area (Å²) in [6.45, 7) is 6.52. The average molecular weight is 345 g/mol. The van der Waals surface area contributed by atoms with Crippen LogP contribution in [0.5, 0.6) is 0 Å². The molecule has 25 heavy (non-hydrogen) atoms. The average Bonchev–Trinajstić information content (AvgIpc) is 2.58. The molecule has 0 bridgehead atoms. The summed E-state index contributed by atoms with van der Waals surface area (Å²) in [6.07, 6.45) is 1.09. The minimum Gasteiger partial charge on any atom is -0.570 e. The Labute approximate surface area is 147 Å². The zero-order valence-corrected chi connectivity index (χ0v) is 14.7. The maximum absolute atomic E-state index is 12.4. The van der Waals surface area contributed by atoms with E-state index >= 15 is 0 Å². The van der Waals surface area contributed by atoms with Gasteiger partial charge in [0.1, 0.15) is 5.54 Å². The molecular formula is C17H23N5O3. The van der Waals surface area contributed by atoms with E-state index in [-0.39, 0.29) is 12.0 Å². The number of rotatable bonds is 4. The molecule has 8 nitrogen and oxygen atoms in total. The highest BCUT2D eigenvalue weighted by molar-refractivity contribution is 5.94. The summed E-state index contributed by atoms with van der Waals surface area (Å²) in [5, 5.41) is 24.2. The molecule has 1 aromatic carbocycles. The van der Waals surface area contributed by atoms with Gasteiger partial charge in [0, 0.05) is 23.8 Å². The van der Waals surface area contributed by atoms with E-state index in [0.717, 1.165) is 0 Å². The van der Waals surface area contributed by atoms with Crippen molar-refractivity contribution in [2.45, 2.75) is 45.3 Å². The SMILES string of the molecule is CC(C)(C)N=[N+]([O-])NOC1CCN(C(=O)c2ccc(C#N)cc2)CC1. The number of nitrogens with one attached hydrogen (secondary N) is 1. The normalized spacial score (nSPS) is 16.4. The summed E-state index contributed by atoms with van der Waals surface area (Å²) >= 11 is 0. The fourth-order valence-electron chi connectivity index (χ4n) is 2.46. The lowest BCUT2D eigenvalue weighted by Gasteiger charge is -2.31. The van der Waals surface area contributed by atoms with Crippen LogP contribution in [0.3, 0.4) is 0 Å². The predicted molar refractivity (Wildman–Crippen MR) is 90.1 cm³/mol. The monoisotopic (exact) mass is 345 g/mol. The standard InChI is InChI=1S/C17H23N5O3/c1-17(2,3)19-22(24)20-25-15-8-10-21(11-9-15)16(23)14-6-4-13(12-18)5-7-14/h4-7,15H,8-11H2,1-3H3,(H,19,20). The van der Waals surface area contributed by atoms with Crippen LogP contribution in [0, 0.1) is 16.5 Å². The van der Waals surface area contributed by atoms with E-state index in [0.29, 0.717) is 42.0 Å². The number of benzene rings is 1. The molecule has 1 N–H and O–H groups in total. The van der Waals surface area contributed by atoms with Crippen molar-refractivity contribution in [2.24, 2.45) is 5.11 Å². The first-order valence-electron chi connectivity index (χ1n) is 8.19. The highest BCUT2D eigenvalue weighted by Gasteiger charge is 2.25. The molecule has 0 atom stereocenters. The molecule has 1 heterocycles. The Morgan fingerprint density at radius 3 is 2.48 bits per heavy atom. The van der Waals surface area contributed by atoms with Gasteiger partial charge in [0.25, 0.3) is 5.91 Å². The Bertz CT molecular complexity index is 665. The third-order valence-corrected chi connectivity index (χ3v) is 3.68. The van der Waals surface area contributed by atoms with Crippen molar-refractivity contribution in [1.29, 1.82) is 5.26 Å². The van der Waals surface area contributed by atoms with Crippen molar-refractivity contribution in [1.82, 2.24) is 10.5 Å². The summed E-state index contributed by atoms with van der Waals surface area (Å²) in [4.78, 5) is 19.9. The van der Waals surface area contributed by atoms with E-state index in [2.05, 4.69) is 10.7 Å². The van der Waals surface area contributed by atoms with Crippen LogP contribution in [-0.2, 0) is 4.84 Å². The van der Waals surface area contributed by atoms with E-state index in [1.807, 2.05) is 26.8 Å². The number of piperidine rings is 1. The van der Waals surface area contributed by atoms with Crippen LogP contribution >= 0.6 is 0 Å². The Kier molecular flexibility index (Phi) is 5.93. The molecule has 0 saturated carbocycles. The lowest BCUT2D eigenvalue weighted by atomic mass is 10.1. The van der Waals surface area contributed by atoms with Crippen molar-refractivity contribution in [3.63, 3.8) is 0 Å². The lowest BCUT2D eigenvalue weighted by molar-refractivity contribution is -0.653. The summed E-state index contributed by atoms with van der Waals surface area (Å²) in [5.74, 6) is -0.0657. The molecule has 0 aromatic heterocycles. The van der Waals surface area contributed by atoms with Gasteiger partial charge in [0.05, 0.1) is 22.7 Å². The Morgan fingerprint density at radius 2 is 1.96 bits per heavy atom. The van der Waals surface area contributed by atoms with E-state index in [1.165, 1.54) is 0 Å². The molecular weight excluding hydrogens is 322 g/mol. The minimum absolute atomic E-state index is 0.0657. The van der Waals surface area contributed by atoms with E-state index in [9.17, 15) is 10.0 Å². The van der Waals surface area contributed by atoms with E-state index in [1.54, 1.807) is 29.2 Å². The van der Waals surface area contributed by atoms with E-state index in [4.69, 9.17) is 10.1 Å². The quantitative estimate of drug-likeness (QED) is 0.512. The Morgan fingerprint density at radius 1 is 1.36 bits per heavy atom. The molecule has 1 amide bonds. The molecule has 0 aliphatic carbocycles. The van der Waals surface area contributed by atoms with Crippen molar-refractivity contribution in [3.05, 3.63) is 40.6 Å². The fourth-order valence-corrected chi connectivity index (χ4v) is 2.46. The third kappa shape index (κ3) is 5.72. The van der Waals surface area contributed by atoms with Gasteiger partial charge in [-0.15, -0.1) is 0 Å². The van der Waals surface area contributed by atoms with Crippen LogP contribution < -0.4 is 5.59 Å². The van der Waals surface area contributed by atoms with Gasteiger partial charge < -0.3 is 10.1 Å². The number of hydrazine groups is 1. The minimum atomic E-state index is -0.491. The molecule has 1 aliphatic heterocycles. The zero-order valence-electron chi connectivity index (χ0n) is 14.7. The van der Waals surface area contributed by atoms with Gasteiger partial charge in [-0.25, -0.2) is 4.84 Å². The predicted octanol–water partition coefficient (Wildman–Crippen LogP) is 2.36. The molecule has 0 spiro atoms. The van der Waals surface area contributed by atoms with Crippen LogP contribution in [0.4, 0.5) is 0 Å². The molecule has 0 radical (unpaired) electrons. The van der Waals surface area contributed by atoms with Gasteiger partial charge >= 0.3 is 0 Å². The first kappa shape index (κ1) is 18.7. The van der Waals surface area contributed by atoms with Crippen LogP contribution in [0.2, 0.25) is 0 Å². The summed E-state index contributed by atoms with van der Waals surface area (Å²) < 4.78 is 0. The fraction of sp³-hybridized carbons (Fsp3) is 0.529. The molecule has 0 unspecified atom stereocenters. The van der Waals surface area contributed by atoms with Gasteiger partial charge in [0.15, 0.2) is 0 Å². The first-order valence-corrected chi connectivity index (χ1v) is 8.19. The molecule has 1 saturated heterocycles. The van der Waals surface area contributed by atoms with Crippen LogP contribution in [0.25, 0.3) is 0 Å². The number of hydrogen-bond acceptors (Lipinski definition) is 5. The molecule has 2 rings (SSSR count). The van der Waals surface area contributed by atoms with Crippen LogP contribution in [0.15, 0.2) is 29.4 Å². The van der Waals surface area contributed by atoms with Gasteiger partial charge in [-0.1, -0.05) is 0 Å². The number of amides is 1. The highest BCUT2D eigenvalue weighted by atomic mass is 16.8. The number of hydrogen-bond donors (Lipinski definition) is 1. The lowest BCUT2D eigenvalue weighted by Crippen LogP contribution is -2.43. The van der Waals surface area contributed by atoms with Gasteiger partial charge in [-0.2, -0.15) is 5.26 Å². The van der Waals surface area contributed by atoms with Crippen molar-refractivity contribution in [2.75, 3.05) is 13.1 Å². The van der Waals surface area contributed by atoms with Crippen LogP contribution in [-0.4, -0.2) is 40.5 Å². The third-order valence-electron chi connectivity index (χ3n) is 3.68. The summed E-state index contributed by atoms with van der Waals surface area (Å²) in [6, 6.07) is 8.62. The van der Waals surface area contributed by atoms with Crippen molar-refractivity contribution < 1.29 is 14.6 Å². The number of carbonyl (C=O) groups excluding carboxylic acids is 1. The van der Waals surface area contributed by atoms with Gasteiger partial charge in [-0.05, 0) is 63.5 Å². The second-order valence-corrected chi connectivity index (χ2v) is 6.93. The van der Waals surface area contributed by atoms with Gasteiger partial charge in [-0.3, -0.25) is 4.79 Å². The smallest absolute Gasteiger partial charge is 0.253 e. The second-order valence-electron chi connectivity index (χ2n) is 6.93. The molecule has 1 aromatic rings. The molecule has 8 heteroatoms. The molecule has 1 aliphatic rings. The van der Waals surface area contributed by atoms with Crippen LogP contribution in [0.1, 0.15) is 49.5 Å². The number of likely N-dealkylation sites (tertiary alicyclic amines) is 1. The number of nitrogens with zero attached hydrogens (tertiary/aromatic N) is 4. The van der Waals surface area contributed by atoms with Gasteiger partial charge in [0.2, 0.25) is 0 Å². The summed E-state index contributed by atoms with van der Waals surface area (Å²) in [7, 11) is 0. The number of carbonyl (C=O) groups is 1. The van der Waals surface area contributed by atoms with Crippen molar-refractivity contribution >= 4 is 5.91 Å². The Balaban J connectivity index is 1.82. The molecule has 134 valence electrons. The topological polar surface area (TPSA) is 104 Å². The summed E-state index contributed by atoms with van der Waals surface area (Å²) in [5.41, 5.74) is 2.87. The first-order chi connectivity index (χ1) is 11.8.